The molecule has 0 unspecified atom stereocenters. The molecule has 1 aliphatic heterocycles. The van der Waals surface area contributed by atoms with Crippen molar-refractivity contribution in [3.63, 3.8) is 0 Å². The van der Waals surface area contributed by atoms with Gasteiger partial charge in [0.15, 0.2) is 11.5 Å². The van der Waals surface area contributed by atoms with Crippen LogP contribution in [-0.4, -0.2) is 57.8 Å². The number of nitrogens with one attached hydrogen (secondary N) is 1. The van der Waals surface area contributed by atoms with E-state index in [1.54, 1.807) is 14.2 Å². The van der Waals surface area contributed by atoms with Crippen molar-refractivity contribution in [1.29, 1.82) is 0 Å². The highest BCUT2D eigenvalue weighted by atomic mass is 16.5. The number of ether oxygens (including phenoxy) is 2. The summed E-state index contributed by atoms with van der Waals surface area (Å²) in [4.78, 5) is 16.8. The average molecular weight is 383 g/mol. The largest absolute Gasteiger partial charge is 0.493 e. The maximum atomic E-state index is 12.5. The van der Waals surface area contributed by atoms with E-state index in [1.165, 1.54) is 11.3 Å². The van der Waals surface area contributed by atoms with Crippen molar-refractivity contribution in [3.05, 3.63) is 53.6 Å². The molecule has 0 bridgehead atoms. The van der Waals surface area contributed by atoms with Crippen molar-refractivity contribution in [3.8, 4) is 11.5 Å². The Balaban J connectivity index is 1.45. The molecule has 6 heteroatoms. The summed E-state index contributed by atoms with van der Waals surface area (Å²) >= 11 is 0. The molecule has 6 nitrogen and oxygen atoms in total. The average Bonchev–Trinajstić information content (AvgIpc) is 2.73. The molecule has 1 fully saturated rings. The minimum atomic E-state index is 0.143. The summed E-state index contributed by atoms with van der Waals surface area (Å²) in [6, 6.07) is 14.3. The standard InChI is InChI=1S/C22H29N3O3/c1-17-5-4-6-19(13-17)24-9-11-25(12-10-24)22(26)16-23-15-18-7-8-20(27-2)21(14-18)28-3/h4-8,13-14,23H,9-12,15-16H2,1-3H3. The molecule has 0 aliphatic carbocycles. The van der Waals surface area contributed by atoms with Crippen LogP contribution in [0.2, 0.25) is 0 Å². The van der Waals surface area contributed by atoms with Gasteiger partial charge in [0.05, 0.1) is 20.8 Å². The molecule has 1 heterocycles. The Morgan fingerprint density at radius 2 is 1.75 bits per heavy atom. The van der Waals surface area contributed by atoms with Gasteiger partial charge in [0.2, 0.25) is 5.91 Å². The molecule has 28 heavy (non-hydrogen) atoms. The molecule has 3 rings (SSSR count). The van der Waals surface area contributed by atoms with Gasteiger partial charge < -0.3 is 24.6 Å². The lowest BCUT2D eigenvalue weighted by atomic mass is 10.2. The normalized spacial score (nSPS) is 14.1. The Kier molecular flexibility index (Phi) is 6.76. The molecular weight excluding hydrogens is 354 g/mol. The number of hydrogen-bond donors (Lipinski definition) is 1. The first kappa shape index (κ1) is 20.0. The van der Waals surface area contributed by atoms with Crippen molar-refractivity contribution < 1.29 is 14.3 Å². The summed E-state index contributed by atoms with van der Waals surface area (Å²) in [7, 11) is 3.24. The molecule has 1 saturated heterocycles. The minimum absolute atomic E-state index is 0.143. The fourth-order valence-electron chi connectivity index (χ4n) is 3.45. The summed E-state index contributed by atoms with van der Waals surface area (Å²) < 4.78 is 10.6. The highest BCUT2D eigenvalue weighted by molar-refractivity contribution is 5.78. The van der Waals surface area contributed by atoms with Gasteiger partial charge in [-0.15, -0.1) is 0 Å². The van der Waals surface area contributed by atoms with E-state index in [2.05, 4.69) is 41.4 Å². The molecule has 0 aromatic heterocycles. The third-order valence-corrected chi connectivity index (χ3v) is 5.05. The van der Waals surface area contributed by atoms with Gasteiger partial charge in [-0.05, 0) is 42.3 Å². The second kappa shape index (κ2) is 9.46. The maximum absolute atomic E-state index is 12.5. The van der Waals surface area contributed by atoms with Crippen LogP contribution in [-0.2, 0) is 11.3 Å². The molecular formula is C22H29N3O3. The van der Waals surface area contributed by atoms with Gasteiger partial charge in [0, 0.05) is 38.4 Å². The molecule has 0 radical (unpaired) electrons. The summed E-state index contributed by atoms with van der Waals surface area (Å²) in [5.74, 6) is 1.54. The third-order valence-electron chi connectivity index (χ3n) is 5.05. The quantitative estimate of drug-likeness (QED) is 0.796. The van der Waals surface area contributed by atoms with Gasteiger partial charge in [0.25, 0.3) is 0 Å². The zero-order valence-electron chi connectivity index (χ0n) is 16.9. The molecule has 150 valence electrons. The van der Waals surface area contributed by atoms with E-state index in [9.17, 15) is 4.79 Å². The van der Waals surface area contributed by atoms with E-state index in [4.69, 9.17) is 9.47 Å². The molecule has 0 saturated carbocycles. The van der Waals surface area contributed by atoms with Crippen LogP contribution in [0.15, 0.2) is 42.5 Å². The van der Waals surface area contributed by atoms with Crippen molar-refractivity contribution in [1.82, 2.24) is 10.2 Å². The first-order valence-corrected chi connectivity index (χ1v) is 9.61. The topological polar surface area (TPSA) is 54.0 Å². The van der Waals surface area contributed by atoms with Gasteiger partial charge in [-0.2, -0.15) is 0 Å². The predicted octanol–water partition coefficient (Wildman–Crippen LogP) is 2.45. The Labute approximate surface area is 167 Å². The van der Waals surface area contributed by atoms with Crippen LogP contribution in [0.5, 0.6) is 11.5 Å². The number of rotatable bonds is 7. The van der Waals surface area contributed by atoms with Crippen LogP contribution in [0, 0.1) is 6.92 Å². The highest BCUT2D eigenvalue weighted by Gasteiger charge is 2.21. The fraction of sp³-hybridized carbons (Fsp3) is 0.409. The second-order valence-corrected chi connectivity index (χ2v) is 7.00. The molecule has 1 N–H and O–H groups in total. The smallest absolute Gasteiger partial charge is 0.236 e. The fourth-order valence-corrected chi connectivity index (χ4v) is 3.45. The monoisotopic (exact) mass is 383 g/mol. The number of amides is 1. The summed E-state index contributed by atoms with van der Waals surface area (Å²) in [6.45, 7) is 6.28. The van der Waals surface area contributed by atoms with E-state index in [0.29, 0.717) is 24.6 Å². The van der Waals surface area contributed by atoms with E-state index < -0.39 is 0 Å². The first-order valence-electron chi connectivity index (χ1n) is 9.61. The summed E-state index contributed by atoms with van der Waals surface area (Å²) in [6.07, 6.45) is 0. The SMILES string of the molecule is COc1ccc(CNCC(=O)N2CCN(c3cccc(C)c3)CC2)cc1OC. The lowest BCUT2D eigenvalue weighted by molar-refractivity contribution is -0.130. The third kappa shape index (κ3) is 4.95. The molecule has 2 aromatic carbocycles. The lowest BCUT2D eigenvalue weighted by Crippen LogP contribution is -2.50. The van der Waals surface area contributed by atoms with Gasteiger partial charge in [-0.25, -0.2) is 0 Å². The van der Waals surface area contributed by atoms with E-state index in [0.717, 1.165) is 31.7 Å². The predicted molar refractivity (Wildman–Crippen MR) is 111 cm³/mol. The van der Waals surface area contributed by atoms with E-state index >= 15 is 0 Å². The van der Waals surface area contributed by atoms with Crippen molar-refractivity contribution in [2.75, 3.05) is 51.8 Å². The van der Waals surface area contributed by atoms with Crippen LogP contribution in [0.25, 0.3) is 0 Å². The van der Waals surface area contributed by atoms with Crippen molar-refractivity contribution in [2.45, 2.75) is 13.5 Å². The number of hydrogen-bond acceptors (Lipinski definition) is 5. The molecule has 1 amide bonds. The summed E-state index contributed by atoms with van der Waals surface area (Å²) in [5, 5.41) is 3.24. The Hall–Kier alpha value is -2.73. The summed E-state index contributed by atoms with van der Waals surface area (Å²) in [5.41, 5.74) is 3.55. The highest BCUT2D eigenvalue weighted by Crippen LogP contribution is 2.27. The first-order chi connectivity index (χ1) is 13.6. The number of methoxy groups -OCH3 is 2. The molecule has 1 aliphatic rings. The minimum Gasteiger partial charge on any atom is -0.493 e. The van der Waals surface area contributed by atoms with Crippen molar-refractivity contribution in [2.24, 2.45) is 0 Å². The zero-order valence-corrected chi connectivity index (χ0v) is 16.9. The zero-order chi connectivity index (χ0) is 19.9. The number of piperazine rings is 1. The van der Waals surface area contributed by atoms with Crippen molar-refractivity contribution >= 4 is 11.6 Å². The number of anilines is 1. The van der Waals surface area contributed by atoms with E-state index in [-0.39, 0.29) is 5.91 Å². The van der Waals surface area contributed by atoms with Gasteiger partial charge in [-0.3, -0.25) is 4.79 Å². The van der Waals surface area contributed by atoms with Gasteiger partial charge in [0.1, 0.15) is 0 Å². The van der Waals surface area contributed by atoms with Crippen LogP contribution in [0.3, 0.4) is 0 Å². The Bertz CT molecular complexity index is 801. The van der Waals surface area contributed by atoms with Crippen LogP contribution in [0.1, 0.15) is 11.1 Å². The van der Waals surface area contributed by atoms with Crippen LogP contribution >= 0.6 is 0 Å². The Morgan fingerprint density at radius 1 is 1.00 bits per heavy atom. The van der Waals surface area contributed by atoms with E-state index in [1.807, 2.05) is 23.1 Å². The second-order valence-electron chi connectivity index (χ2n) is 7.00. The number of carbonyl (C=O) groups is 1. The van der Waals surface area contributed by atoms with Gasteiger partial charge in [-0.1, -0.05) is 18.2 Å². The molecule has 0 atom stereocenters. The van der Waals surface area contributed by atoms with Gasteiger partial charge >= 0.3 is 0 Å². The lowest BCUT2D eigenvalue weighted by Gasteiger charge is -2.36. The number of benzene rings is 2. The maximum Gasteiger partial charge on any atom is 0.236 e. The van der Waals surface area contributed by atoms with Crippen LogP contribution in [0.4, 0.5) is 5.69 Å². The van der Waals surface area contributed by atoms with Crippen LogP contribution < -0.4 is 19.7 Å². The Morgan fingerprint density at radius 3 is 2.43 bits per heavy atom. The number of aryl methyl sites for hydroxylation is 1. The molecule has 0 spiro atoms. The number of carbonyl (C=O) groups excluding carboxylic acids is 1. The number of nitrogens with zero attached hydrogens (tertiary/aromatic N) is 2. The molecule has 2 aromatic rings.